The van der Waals surface area contributed by atoms with E-state index < -0.39 is 0 Å². The third-order valence-corrected chi connectivity index (χ3v) is 2.94. The van der Waals surface area contributed by atoms with Crippen LogP contribution in [0.4, 0.5) is 0 Å². The van der Waals surface area contributed by atoms with Gasteiger partial charge in [-0.1, -0.05) is 50.8 Å². The van der Waals surface area contributed by atoms with Gasteiger partial charge in [-0.25, -0.2) is 0 Å². The van der Waals surface area contributed by atoms with Crippen molar-refractivity contribution in [3.63, 3.8) is 0 Å². The lowest BCUT2D eigenvalue weighted by molar-refractivity contribution is 0.790. The molecular formula is C17H23N. The van der Waals surface area contributed by atoms with Crippen molar-refractivity contribution >= 4 is 5.57 Å². The molecule has 0 bridgehead atoms. The number of nitrogens with one attached hydrogen (secondary N) is 1. The quantitative estimate of drug-likeness (QED) is 0.757. The first-order valence-corrected chi connectivity index (χ1v) is 6.36. The number of allylic oxidation sites excluding steroid dienone is 4. The fourth-order valence-corrected chi connectivity index (χ4v) is 1.80. The van der Waals surface area contributed by atoms with Crippen molar-refractivity contribution in [3.8, 4) is 0 Å². The number of hydrogen-bond donors (Lipinski definition) is 1. The molecule has 0 aliphatic heterocycles. The molecule has 0 fully saturated rings. The van der Waals surface area contributed by atoms with E-state index in [0.29, 0.717) is 5.92 Å². The van der Waals surface area contributed by atoms with Gasteiger partial charge in [0.25, 0.3) is 0 Å². The fourth-order valence-electron chi connectivity index (χ4n) is 1.80. The molecule has 96 valence electrons. The largest absolute Gasteiger partial charge is 0.394 e. The molecule has 0 aliphatic rings. The van der Waals surface area contributed by atoms with Crippen molar-refractivity contribution in [1.29, 1.82) is 0 Å². The first kappa shape index (κ1) is 14.3. The summed E-state index contributed by atoms with van der Waals surface area (Å²) < 4.78 is 0. The predicted molar refractivity (Wildman–Crippen MR) is 81.3 cm³/mol. The average molecular weight is 241 g/mol. The van der Waals surface area contributed by atoms with Crippen LogP contribution in [-0.4, -0.2) is 7.05 Å². The molecule has 1 nitrogen and oxygen atoms in total. The van der Waals surface area contributed by atoms with E-state index in [2.05, 4.69) is 69.1 Å². The summed E-state index contributed by atoms with van der Waals surface area (Å²) >= 11 is 0. The van der Waals surface area contributed by atoms with E-state index >= 15 is 0 Å². The summed E-state index contributed by atoms with van der Waals surface area (Å²) in [6.07, 6.45) is 6.23. The second-order valence-electron chi connectivity index (χ2n) is 4.76. The maximum atomic E-state index is 4.19. The van der Waals surface area contributed by atoms with Crippen LogP contribution >= 0.6 is 0 Å². The molecule has 1 aromatic carbocycles. The number of hydrogen-bond acceptors (Lipinski definition) is 1. The molecular weight excluding hydrogens is 218 g/mol. The zero-order chi connectivity index (χ0) is 13.5. The van der Waals surface area contributed by atoms with Gasteiger partial charge in [-0.2, -0.15) is 0 Å². The van der Waals surface area contributed by atoms with Gasteiger partial charge < -0.3 is 5.32 Å². The second kappa shape index (κ2) is 6.85. The third kappa shape index (κ3) is 3.92. The Morgan fingerprint density at radius 3 is 2.50 bits per heavy atom. The van der Waals surface area contributed by atoms with E-state index in [1.54, 1.807) is 0 Å². The molecule has 0 spiro atoms. The molecule has 0 radical (unpaired) electrons. The van der Waals surface area contributed by atoms with Crippen LogP contribution in [-0.2, 0) is 0 Å². The molecule has 0 aliphatic carbocycles. The van der Waals surface area contributed by atoms with E-state index in [1.165, 1.54) is 16.7 Å². The maximum Gasteiger partial charge on any atom is 0.00277 e. The topological polar surface area (TPSA) is 12.0 Å². The van der Waals surface area contributed by atoms with Crippen LogP contribution in [0.25, 0.3) is 5.57 Å². The lowest BCUT2D eigenvalue weighted by Gasteiger charge is -2.10. The van der Waals surface area contributed by atoms with Crippen LogP contribution in [0.2, 0.25) is 0 Å². The Kier molecular flexibility index (Phi) is 5.44. The molecule has 1 heteroatoms. The number of benzene rings is 1. The molecule has 0 amide bonds. The summed E-state index contributed by atoms with van der Waals surface area (Å²) in [5.41, 5.74) is 4.82. The van der Waals surface area contributed by atoms with Crippen LogP contribution in [0, 0.1) is 12.8 Å². The van der Waals surface area contributed by atoms with E-state index in [0.717, 1.165) is 5.57 Å². The van der Waals surface area contributed by atoms with Crippen molar-refractivity contribution in [1.82, 2.24) is 5.32 Å². The third-order valence-electron chi connectivity index (χ3n) is 2.94. The van der Waals surface area contributed by atoms with Crippen molar-refractivity contribution in [2.45, 2.75) is 20.8 Å². The van der Waals surface area contributed by atoms with E-state index in [9.17, 15) is 0 Å². The lowest BCUT2D eigenvalue weighted by atomic mass is 9.96. The molecule has 1 aromatic rings. The van der Waals surface area contributed by atoms with Crippen LogP contribution in [0.5, 0.6) is 0 Å². The monoisotopic (exact) mass is 241 g/mol. The minimum Gasteiger partial charge on any atom is -0.394 e. The van der Waals surface area contributed by atoms with Crippen molar-refractivity contribution in [2.75, 3.05) is 7.05 Å². The Morgan fingerprint density at radius 2 is 1.94 bits per heavy atom. The molecule has 0 unspecified atom stereocenters. The molecule has 1 rings (SSSR count). The highest BCUT2D eigenvalue weighted by Crippen LogP contribution is 2.22. The predicted octanol–water partition coefficient (Wildman–Crippen LogP) is 4.32. The zero-order valence-electron chi connectivity index (χ0n) is 11.8. The Hall–Kier alpha value is -1.76. The molecule has 0 saturated heterocycles. The Labute approximate surface area is 111 Å². The van der Waals surface area contributed by atoms with Gasteiger partial charge in [0, 0.05) is 7.05 Å². The summed E-state index contributed by atoms with van der Waals surface area (Å²) in [4.78, 5) is 0. The first-order valence-electron chi connectivity index (χ1n) is 6.36. The minimum absolute atomic E-state index is 0.482. The molecule has 0 heterocycles. The first-order chi connectivity index (χ1) is 8.56. The standard InChI is InChI=1S/C17H23N/c1-13(2)16(10-11-18-5)12-15(4)17-9-7-6-8-14(17)3/h6-13,18H,4H2,1-3,5H3/b11-10-,16-12+. The highest BCUT2D eigenvalue weighted by atomic mass is 14.8. The van der Waals surface area contributed by atoms with Crippen LogP contribution in [0.3, 0.4) is 0 Å². The van der Waals surface area contributed by atoms with E-state index in [1.807, 2.05) is 13.2 Å². The van der Waals surface area contributed by atoms with Gasteiger partial charge in [-0.05, 0) is 47.4 Å². The molecule has 18 heavy (non-hydrogen) atoms. The fraction of sp³-hybridized carbons (Fsp3) is 0.294. The van der Waals surface area contributed by atoms with Crippen LogP contribution in [0.15, 0.2) is 54.8 Å². The Balaban J connectivity index is 3.02. The smallest absolute Gasteiger partial charge is 0.00277 e. The minimum atomic E-state index is 0.482. The molecule has 0 saturated carbocycles. The molecule has 0 aromatic heterocycles. The summed E-state index contributed by atoms with van der Waals surface area (Å²) in [5, 5.41) is 3.03. The van der Waals surface area contributed by atoms with Gasteiger partial charge in [-0.15, -0.1) is 0 Å². The maximum absolute atomic E-state index is 4.19. The van der Waals surface area contributed by atoms with Gasteiger partial charge in [-0.3, -0.25) is 0 Å². The van der Waals surface area contributed by atoms with Crippen LogP contribution < -0.4 is 5.32 Å². The highest BCUT2D eigenvalue weighted by Gasteiger charge is 2.03. The Bertz CT molecular complexity index is 464. The van der Waals surface area contributed by atoms with Gasteiger partial charge in [0.05, 0.1) is 0 Å². The number of rotatable bonds is 5. The normalized spacial score (nSPS) is 12.2. The SMILES string of the molecule is C=C(/C=C(\C=C/NC)C(C)C)c1ccccc1C. The van der Waals surface area contributed by atoms with Crippen LogP contribution in [0.1, 0.15) is 25.0 Å². The second-order valence-corrected chi connectivity index (χ2v) is 4.76. The summed E-state index contributed by atoms with van der Waals surface area (Å²) in [6.45, 7) is 10.7. The van der Waals surface area contributed by atoms with E-state index in [-0.39, 0.29) is 0 Å². The zero-order valence-corrected chi connectivity index (χ0v) is 11.8. The van der Waals surface area contributed by atoms with Gasteiger partial charge in [0.1, 0.15) is 0 Å². The summed E-state index contributed by atoms with van der Waals surface area (Å²) in [7, 11) is 1.91. The number of aryl methyl sites for hydroxylation is 1. The van der Waals surface area contributed by atoms with Crippen molar-refractivity contribution in [3.05, 3.63) is 65.9 Å². The highest BCUT2D eigenvalue weighted by molar-refractivity contribution is 5.75. The molecule has 1 N–H and O–H groups in total. The average Bonchev–Trinajstić information content (AvgIpc) is 2.34. The molecule has 0 atom stereocenters. The van der Waals surface area contributed by atoms with Crippen molar-refractivity contribution < 1.29 is 0 Å². The summed E-state index contributed by atoms with van der Waals surface area (Å²) in [6, 6.07) is 8.35. The Morgan fingerprint density at radius 1 is 1.28 bits per heavy atom. The van der Waals surface area contributed by atoms with E-state index in [4.69, 9.17) is 0 Å². The summed E-state index contributed by atoms with van der Waals surface area (Å²) in [5.74, 6) is 0.482. The lowest BCUT2D eigenvalue weighted by Crippen LogP contribution is -1.96. The van der Waals surface area contributed by atoms with Gasteiger partial charge in [0.2, 0.25) is 0 Å². The van der Waals surface area contributed by atoms with Gasteiger partial charge >= 0.3 is 0 Å². The van der Waals surface area contributed by atoms with Crippen molar-refractivity contribution in [2.24, 2.45) is 5.92 Å². The van der Waals surface area contributed by atoms with Gasteiger partial charge in [0.15, 0.2) is 0 Å².